The maximum absolute atomic E-state index is 14.9. The van der Waals surface area contributed by atoms with E-state index in [1.807, 2.05) is 65.6 Å². The first-order chi connectivity index (χ1) is 21.8. The summed E-state index contributed by atoms with van der Waals surface area (Å²) in [5.74, 6) is -1.71. The third kappa shape index (κ3) is 5.99. The first kappa shape index (κ1) is 33.0. The SMILES string of the molecule is C=CCN(CCCCC)C(=O)C1N([C@@H](CO)Cc2ccccc2)C(=O)[C@@H]2[C@@H](C(=O)N(CC=C)c3ccccc3)[C@@]3(C)CCC12S3. The summed E-state index contributed by atoms with van der Waals surface area (Å²) in [5.41, 5.74) is 1.74. The average molecular weight is 630 g/mol. The van der Waals surface area contributed by atoms with Crippen LogP contribution in [0.3, 0.4) is 0 Å². The summed E-state index contributed by atoms with van der Waals surface area (Å²) in [6, 6.07) is 17.9. The van der Waals surface area contributed by atoms with Crippen LogP contribution in [0, 0.1) is 11.8 Å². The van der Waals surface area contributed by atoms with Gasteiger partial charge in [0.15, 0.2) is 0 Å². The Labute approximate surface area is 272 Å². The predicted molar refractivity (Wildman–Crippen MR) is 182 cm³/mol. The number of amides is 3. The molecule has 0 radical (unpaired) electrons. The highest BCUT2D eigenvalue weighted by atomic mass is 32.2. The van der Waals surface area contributed by atoms with Gasteiger partial charge >= 0.3 is 0 Å². The Balaban J connectivity index is 1.59. The van der Waals surface area contributed by atoms with Crippen molar-refractivity contribution in [2.24, 2.45) is 11.8 Å². The standard InChI is InChI=1S/C37H47N3O4S/c1-5-8-15-24-38(22-6-2)35(44)32-37-21-20-36(4,45-37)30(33(42)39(23-7-3)28-18-13-10-14-19-28)31(37)34(43)40(32)29(26-41)25-27-16-11-9-12-17-27/h6-7,9-14,16-19,29-32,41H,2-3,5,8,15,20-26H2,1,4H3/t29-,30+,31+,32?,36-,37?/m1/s1. The second kappa shape index (κ2) is 14.0. The van der Waals surface area contributed by atoms with Crippen molar-refractivity contribution in [2.45, 2.75) is 74.0 Å². The molecule has 3 saturated heterocycles. The van der Waals surface area contributed by atoms with Crippen LogP contribution >= 0.6 is 11.8 Å². The number of aliphatic hydroxyl groups excluding tert-OH is 1. The molecule has 1 N–H and O–H groups in total. The van der Waals surface area contributed by atoms with Gasteiger partial charge in [0.05, 0.1) is 29.2 Å². The van der Waals surface area contributed by atoms with Gasteiger partial charge in [-0.05, 0) is 50.3 Å². The molecule has 3 amide bonds. The lowest BCUT2D eigenvalue weighted by Crippen LogP contribution is -2.58. The molecule has 1 spiro atoms. The number of anilines is 1. The molecule has 2 unspecified atom stereocenters. The Morgan fingerprint density at radius 3 is 2.31 bits per heavy atom. The lowest BCUT2D eigenvalue weighted by Gasteiger charge is -2.39. The van der Waals surface area contributed by atoms with E-state index in [1.54, 1.807) is 33.7 Å². The zero-order chi connectivity index (χ0) is 32.2. The molecule has 45 heavy (non-hydrogen) atoms. The van der Waals surface area contributed by atoms with Gasteiger partial charge in [-0.1, -0.05) is 80.4 Å². The number of hydrogen-bond donors (Lipinski definition) is 1. The zero-order valence-corrected chi connectivity index (χ0v) is 27.5. The molecule has 3 heterocycles. The second-order valence-electron chi connectivity index (χ2n) is 12.9. The Kier molecular flexibility index (Phi) is 10.2. The van der Waals surface area contributed by atoms with Gasteiger partial charge in [-0.2, -0.15) is 0 Å². The smallest absolute Gasteiger partial charge is 0.247 e. The molecule has 240 valence electrons. The van der Waals surface area contributed by atoms with Crippen LogP contribution in [0.15, 0.2) is 86.0 Å². The average Bonchev–Trinajstić information content (AvgIpc) is 3.63. The minimum absolute atomic E-state index is 0.107. The molecule has 7 nitrogen and oxygen atoms in total. The Morgan fingerprint density at radius 1 is 1.02 bits per heavy atom. The Morgan fingerprint density at radius 2 is 1.69 bits per heavy atom. The van der Waals surface area contributed by atoms with E-state index in [2.05, 4.69) is 27.0 Å². The quantitative estimate of drug-likeness (QED) is 0.208. The van der Waals surface area contributed by atoms with Crippen molar-refractivity contribution in [1.29, 1.82) is 0 Å². The molecule has 3 aliphatic rings. The summed E-state index contributed by atoms with van der Waals surface area (Å²) < 4.78 is -1.27. The van der Waals surface area contributed by atoms with Crippen molar-refractivity contribution < 1.29 is 19.5 Å². The first-order valence-corrected chi connectivity index (χ1v) is 17.1. The number of thioether (sulfide) groups is 1. The van der Waals surface area contributed by atoms with Gasteiger partial charge in [0.2, 0.25) is 17.7 Å². The lowest BCUT2D eigenvalue weighted by molar-refractivity contribution is -0.145. The minimum atomic E-state index is -0.786. The van der Waals surface area contributed by atoms with Gasteiger partial charge < -0.3 is 19.8 Å². The molecule has 6 atom stereocenters. The largest absolute Gasteiger partial charge is 0.394 e. The molecule has 0 saturated carbocycles. The molecule has 2 bridgehead atoms. The van der Waals surface area contributed by atoms with Crippen LogP contribution in [-0.4, -0.2) is 80.4 Å². The highest BCUT2D eigenvalue weighted by Gasteiger charge is 2.78. The second-order valence-corrected chi connectivity index (χ2v) is 14.7. The monoisotopic (exact) mass is 629 g/mol. The van der Waals surface area contributed by atoms with Crippen LogP contribution in [0.25, 0.3) is 0 Å². The lowest BCUT2D eigenvalue weighted by atomic mass is 9.66. The fraction of sp³-hybridized carbons (Fsp3) is 0.486. The third-order valence-corrected chi connectivity index (χ3v) is 12.0. The molecule has 0 aliphatic carbocycles. The van der Waals surface area contributed by atoms with Gasteiger partial charge in [-0.25, -0.2) is 0 Å². The van der Waals surface area contributed by atoms with E-state index in [9.17, 15) is 19.5 Å². The van der Waals surface area contributed by atoms with E-state index < -0.39 is 33.4 Å². The first-order valence-electron chi connectivity index (χ1n) is 16.3. The van der Waals surface area contributed by atoms with Crippen molar-refractivity contribution in [2.75, 3.05) is 31.1 Å². The molecule has 3 aliphatic heterocycles. The van der Waals surface area contributed by atoms with E-state index in [1.165, 1.54) is 0 Å². The molecule has 2 aromatic rings. The molecule has 8 heteroatoms. The predicted octanol–water partition coefficient (Wildman–Crippen LogP) is 5.50. The summed E-state index contributed by atoms with van der Waals surface area (Å²) in [6.07, 6.45) is 8.15. The van der Waals surface area contributed by atoms with Crippen molar-refractivity contribution in [3.8, 4) is 0 Å². The Hall–Kier alpha value is -3.36. The number of aliphatic hydroxyl groups is 1. The summed E-state index contributed by atoms with van der Waals surface area (Å²) in [6.45, 7) is 13.1. The van der Waals surface area contributed by atoms with E-state index in [0.29, 0.717) is 32.5 Å². The van der Waals surface area contributed by atoms with Crippen molar-refractivity contribution in [3.05, 3.63) is 91.5 Å². The molecule has 0 aromatic heterocycles. The van der Waals surface area contributed by atoms with Crippen molar-refractivity contribution in [3.63, 3.8) is 0 Å². The topological polar surface area (TPSA) is 81.2 Å². The van der Waals surface area contributed by atoms with Crippen molar-refractivity contribution >= 4 is 35.2 Å². The number of benzene rings is 2. The van der Waals surface area contributed by atoms with Crippen LogP contribution in [0.2, 0.25) is 0 Å². The normalized spacial score (nSPS) is 27.2. The number of likely N-dealkylation sites (tertiary alicyclic amines) is 1. The maximum atomic E-state index is 14.9. The zero-order valence-electron chi connectivity index (χ0n) is 26.6. The van der Waals surface area contributed by atoms with Crippen LogP contribution in [0.4, 0.5) is 5.69 Å². The van der Waals surface area contributed by atoms with E-state index >= 15 is 0 Å². The molecule has 3 fully saturated rings. The number of rotatable bonds is 15. The maximum Gasteiger partial charge on any atom is 0.247 e. The van der Waals surface area contributed by atoms with Crippen LogP contribution in [0.5, 0.6) is 0 Å². The van der Waals surface area contributed by atoms with Gasteiger partial charge in [0.1, 0.15) is 6.04 Å². The summed E-state index contributed by atoms with van der Waals surface area (Å²) in [5, 5.41) is 10.8. The van der Waals surface area contributed by atoms with E-state index in [-0.39, 0.29) is 24.3 Å². The van der Waals surface area contributed by atoms with Crippen molar-refractivity contribution in [1.82, 2.24) is 9.80 Å². The molecular weight excluding hydrogens is 582 g/mol. The van der Waals surface area contributed by atoms with Crippen LogP contribution < -0.4 is 4.90 Å². The number of para-hydroxylation sites is 1. The summed E-state index contributed by atoms with van der Waals surface area (Å²) in [7, 11) is 0. The van der Waals surface area contributed by atoms with E-state index in [0.717, 1.165) is 36.9 Å². The number of unbranched alkanes of at least 4 members (excludes halogenated alkanes) is 2. The van der Waals surface area contributed by atoms with E-state index in [4.69, 9.17) is 0 Å². The van der Waals surface area contributed by atoms with Gasteiger partial charge in [0.25, 0.3) is 0 Å². The number of fused-ring (bicyclic) bond motifs is 1. The number of hydrogen-bond acceptors (Lipinski definition) is 5. The van der Waals surface area contributed by atoms with Crippen LogP contribution in [-0.2, 0) is 20.8 Å². The summed E-state index contributed by atoms with van der Waals surface area (Å²) in [4.78, 5) is 49.6. The van der Waals surface area contributed by atoms with Gasteiger partial charge in [0, 0.05) is 30.1 Å². The fourth-order valence-electron chi connectivity index (χ4n) is 7.95. The third-order valence-electron chi connectivity index (χ3n) is 9.97. The molecule has 2 aromatic carbocycles. The van der Waals surface area contributed by atoms with Gasteiger partial charge in [-0.15, -0.1) is 24.9 Å². The minimum Gasteiger partial charge on any atom is -0.394 e. The number of carbonyl (C=O) groups is 3. The highest BCUT2D eigenvalue weighted by Crippen LogP contribution is 2.72. The molecular formula is C37H47N3O4S. The molecule has 5 rings (SSSR count). The summed E-state index contributed by atoms with van der Waals surface area (Å²) >= 11 is 1.67. The highest BCUT2D eigenvalue weighted by molar-refractivity contribution is 8.02. The van der Waals surface area contributed by atoms with Crippen LogP contribution in [0.1, 0.15) is 51.5 Å². The number of nitrogens with zero attached hydrogens (tertiary/aromatic N) is 3. The van der Waals surface area contributed by atoms with Gasteiger partial charge in [-0.3, -0.25) is 14.4 Å². The number of carbonyl (C=O) groups excluding carboxylic acids is 3. The Bertz CT molecular complexity index is 1390. The fourth-order valence-corrected chi connectivity index (χ4v) is 10.3.